The maximum atomic E-state index is 11.7. The molecule has 0 aromatic heterocycles. The molecule has 0 spiro atoms. The van der Waals surface area contributed by atoms with Gasteiger partial charge >= 0.3 is 6.09 Å². The molecule has 1 aliphatic rings. The standard InChI is InChI=1S/C11H18N2O3/c1-3-8-16-11(15)12(2)9-10(14)13-6-4-5-7-13/h3H,1,4-9H2,2H3. The second-order valence-corrected chi connectivity index (χ2v) is 3.81. The minimum absolute atomic E-state index is 0.0180. The molecule has 0 aromatic carbocycles. The Morgan fingerprint density at radius 2 is 2.06 bits per heavy atom. The zero-order chi connectivity index (χ0) is 12.0. The largest absolute Gasteiger partial charge is 0.445 e. The summed E-state index contributed by atoms with van der Waals surface area (Å²) < 4.78 is 4.81. The molecule has 0 aliphatic carbocycles. The van der Waals surface area contributed by atoms with Crippen LogP contribution in [-0.2, 0) is 9.53 Å². The number of carbonyl (C=O) groups excluding carboxylic acids is 2. The summed E-state index contributed by atoms with van der Waals surface area (Å²) in [5.41, 5.74) is 0. The molecular formula is C11H18N2O3. The van der Waals surface area contributed by atoms with Gasteiger partial charge < -0.3 is 14.5 Å². The number of ether oxygens (including phenoxy) is 1. The van der Waals surface area contributed by atoms with E-state index in [9.17, 15) is 9.59 Å². The summed E-state index contributed by atoms with van der Waals surface area (Å²) in [6, 6.07) is 0. The van der Waals surface area contributed by atoms with Crippen LogP contribution in [0, 0.1) is 0 Å². The van der Waals surface area contributed by atoms with Gasteiger partial charge in [-0.2, -0.15) is 0 Å². The van der Waals surface area contributed by atoms with Crippen molar-refractivity contribution < 1.29 is 14.3 Å². The Balaban J connectivity index is 2.31. The normalized spacial score (nSPS) is 14.7. The molecule has 90 valence electrons. The minimum Gasteiger partial charge on any atom is -0.445 e. The van der Waals surface area contributed by atoms with Gasteiger partial charge in [0.15, 0.2) is 0 Å². The Bertz CT molecular complexity index is 272. The summed E-state index contributed by atoms with van der Waals surface area (Å²) in [5, 5.41) is 0. The third-order valence-corrected chi connectivity index (χ3v) is 2.47. The molecule has 16 heavy (non-hydrogen) atoms. The average molecular weight is 226 g/mol. The van der Waals surface area contributed by atoms with Crippen LogP contribution >= 0.6 is 0 Å². The second kappa shape index (κ2) is 6.15. The fraction of sp³-hybridized carbons (Fsp3) is 0.636. The average Bonchev–Trinajstić information content (AvgIpc) is 2.79. The molecule has 1 rings (SSSR count). The molecule has 5 heteroatoms. The van der Waals surface area contributed by atoms with Gasteiger partial charge in [-0.1, -0.05) is 12.7 Å². The van der Waals surface area contributed by atoms with Crippen LogP contribution in [0.3, 0.4) is 0 Å². The van der Waals surface area contributed by atoms with Crippen LogP contribution in [0.2, 0.25) is 0 Å². The van der Waals surface area contributed by atoms with Gasteiger partial charge in [-0.3, -0.25) is 4.79 Å². The highest BCUT2D eigenvalue weighted by molar-refractivity contribution is 5.82. The fourth-order valence-corrected chi connectivity index (χ4v) is 1.57. The molecule has 0 aromatic rings. The molecule has 1 aliphatic heterocycles. The van der Waals surface area contributed by atoms with E-state index in [1.54, 1.807) is 11.9 Å². The molecule has 0 saturated carbocycles. The van der Waals surface area contributed by atoms with Gasteiger partial charge in [-0.25, -0.2) is 4.79 Å². The first kappa shape index (κ1) is 12.5. The topological polar surface area (TPSA) is 49.9 Å². The summed E-state index contributed by atoms with van der Waals surface area (Å²) >= 11 is 0. The molecule has 2 amide bonds. The quantitative estimate of drug-likeness (QED) is 0.668. The van der Waals surface area contributed by atoms with E-state index >= 15 is 0 Å². The summed E-state index contributed by atoms with van der Waals surface area (Å²) in [6.45, 7) is 5.29. The van der Waals surface area contributed by atoms with Gasteiger partial charge in [0.2, 0.25) is 5.91 Å². The van der Waals surface area contributed by atoms with Crippen molar-refractivity contribution >= 4 is 12.0 Å². The first-order chi connectivity index (χ1) is 7.65. The van der Waals surface area contributed by atoms with E-state index in [0.717, 1.165) is 25.9 Å². The van der Waals surface area contributed by atoms with Gasteiger partial charge in [0.1, 0.15) is 13.2 Å². The van der Waals surface area contributed by atoms with Gasteiger partial charge in [0, 0.05) is 20.1 Å². The van der Waals surface area contributed by atoms with E-state index in [4.69, 9.17) is 4.74 Å². The lowest BCUT2D eigenvalue weighted by molar-refractivity contribution is -0.130. The lowest BCUT2D eigenvalue weighted by Gasteiger charge is -2.20. The predicted octanol–water partition coefficient (Wildman–Crippen LogP) is 0.863. The maximum Gasteiger partial charge on any atom is 0.410 e. The van der Waals surface area contributed by atoms with E-state index in [-0.39, 0.29) is 19.1 Å². The fourth-order valence-electron chi connectivity index (χ4n) is 1.57. The van der Waals surface area contributed by atoms with Crippen molar-refractivity contribution in [1.82, 2.24) is 9.80 Å². The Kier molecular flexibility index (Phi) is 4.82. The van der Waals surface area contributed by atoms with E-state index in [1.807, 2.05) is 0 Å². The number of carbonyl (C=O) groups is 2. The van der Waals surface area contributed by atoms with Gasteiger partial charge in [-0.05, 0) is 12.8 Å². The van der Waals surface area contributed by atoms with Crippen LogP contribution in [0.15, 0.2) is 12.7 Å². The van der Waals surface area contributed by atoms with Crippen LogP contribution in [0.5, 0.6) is 0 Å². The van der Waals surface area contributed by atoms with Crippen LogP contribution in [-0.4, -0.2) is 55.1 Å². The number of amides is 2. The molecule has 1 saturated heterocycles. The van der Waals surface area contributed by atoms with Crippen molar-refractivity contribution in [3.63, 3.8) is 0 Å². The van der Waals surface area contributed by atoms with Gasteiger partial charge in [-0.15, -0.1) is 0 Å². The van der Waals surface area contributed by atoms with Crippen molar-refractivity contribution in [2.24, 2.45) is 0 Å². The lowest BCUT2D eigenvalue weighted by Crippen LogP contribution is -2.40. The molecule has 0 N–H and O–H groups in total. The molecule has 0 atom stereocenters. The number of hydrogen-bond acceptors (Lipinski definition) is 3. The number of likely N-dealkylation sites (tertiary alicyclic amines) is 1. The monoisotopic (exact) mass is 226 g/mol. The van der Waals surface area contributed by atoms with E-state index in [2.05, 4.69) is 6.58 Å². The third-order valence-electron chi connectivity index (χ3n) is 2.47. The van der Waals surface area contributed by atoms with Crippen LogP contribution in [0.1, 0.15) is 12.8 Å². The highest BCUT2D eigenvalue weighted by Gasteiger charge is 2.21. The molecule has 1 fully saturated rings. The minimum atomic E-state index is -0.493. The van der Waals surface area contributed by atoms with Crippen molar-refractivity contribution in [2.75, 3.05) is 33.3 Å². The highest BCUT2D eigenvalue weighted by Crippen LogP contribution is 2.07. The van der Waals surface area contributed by atoms with Gasteiger partial charge in [0.05, 0.1) is 0 Å². The number of rotatable bonds is 4. The zero-order valence-corrected chi connectivity index (χ0v) is 9.65. The number of likely N-dealkylation sites (N-methyl/N-ethyl adjacent to an activating group) is 1. The Morgan fingerprint density at radius 1 is 1.44 bits per heavy atom. The summed E-state index contributed by atoms with van der Waals surface area (Å²) in [7, 11) is 1.55. The van der Waals surface area contributed by atoms with Crippen LogP contribution < -0.4 is 0 Å². The van der Waals surface area contributed by atoms with Gasteiger partial charge in [0.25, 0.3) is 0 Å². The first-order valence-corrected chi connectivity index (χ1v) is 5.41. The second-order valence-electron chi connectivity index (χ2n) is 3.81. The molecule has 0 unspecified atom stereocenters. The summed E-state index contributed by atoms with van der Waals surface area (Å²) in [4.78, 5) is 26.1. The highest BCUT2D eigenvalue weighted by atomic mass is 16.6. The smallest absolute Gasteiger partial charge is 0.410 e. The Hall–Kier alpha value is -1.52. The molecule has 5 nitrogen and oxygen atoms in total. The van der Waals surface area contributed by atoms with E-state index in [0.29, 0.717) is 0 Å². The zero-order valence-electron chi connectivity index (χ0n) is 9.65. The Labute approximate surface area is 95.6 Å². The van der Waals surface area contributed by atoms with E-state index < -0.39 is 6.09 Å². The van der Waals surface area contributed by atoms with Crippen molar-refractivity contribution in [2.45, 2.75) is 12.8 Å². The lowest BCUT2D eigenvalue weighted by atomic mass is 10.4. The van der Waals surface area contributed by atoms with Crippen molar-refractivity contribution in [3.05, 3.63) is 12.7 Å². The molecule has 0 radical (unpaired) electrons. The SMILES string of the molecule is C=CCOC(=O)N(C)CC(=O)N1CCCC1. The van der Waals surface area contributed by atoms with Crippen molar-refractivity contribution in [1.29, 1.82) is 0 Å². The predicted molar refractivity (Wildman–Crippen MR) is 60.0 cm³/mol. The van der Waals surface area contributed by atoms with E-state index in [1.165, 1.54) is 11.0 Å². The maximum absolute atomic E-state index is 11.7. The Morgan fingerprint density at radius 3 is 2.62 bits per heavy atom. The molecule has 1 heterocycles. The summed E-state index contributed by atoms with van der Waals surface area (Å²) in [5.74, 6) is -0.0180. The first-order valence-electron chi connectivity index (χ1n) is 5.41. The van der Waals surface area contributed by atoms with Crippen molar-refractivity contribution in [3.8, 4) is 0 Å². The summed E-state index contributed by atoms with van der Waals surface area (Å²) in [6.07, 6.45) is 3.10. The van der Waals surface area contributed by atoms with Crippen LogP contribution in [0.4, 0.5) is 4.79 Å². The number of nitrogens with zero attached hydrogens (tertiary/aromatic N) is 2. The van der Waals surface area contributed by atoms with Crippen LogP contribution in [0.25, 0.3) is 0 Å². The molecular weight excluding hydrogens is 208 g/mol. The third kappa shape index (κ3) is 3.56. The number of hydrogen-bond donors (Lipinski definition) is 0. The molecule has 0 bridgehead atoms.